The van der Waals surface area contributed by atoms with Crippen LogP contribution in [0.2, 0.25) is 0 Å². The SMILES string of the molecule is CC(C)(C)OC(=O)N1CCCC1c1ncc(C(F)(F)F)[nH]1. The van der Waals surface area contributed by atoms with E-state index in [1.807, 2.05) is 0 Å². The number of H-pyrrole nitrogens is 1. The molecule has 0 spiro atoms. The summed E-state index contributed by atoms with van der Waals surface area (Å²) in [5, 5.41) is 0. The maximum absolute atomic E-state index is 12.6. The molecule has 2 heterocycles. The van der Waals surface area contributed by atoms with E-state index in [0.29, 0.717) is 19.4 Å². The lowest BCUT2D eigenvalue weighted by atomic mass is 10.2. The van der Waals surface area contributed by atoms with Crippen molar-refractivity contribution in [1.29, 1.82) is 0 Å². The van der Waals surface area contributed by atoms with Crippen LogP contribution in [0.4, 0.5) is 18.0 Å². The molecule has 2 rings (SSSR count). The van der Waals surface area contributed by atoms with Crippen molar-refractivity contribution in [3.63, 3.8) is 0 Å². The van der Waals surface area contributed by atoms with Crippen molar-refractivity contribution in [2.75, 3.05) is 6.54 Å². The second-order valence-corrected chi connectivity index (χ2v) is 6.01. The van der Waals surface area contributed by atoms with Crippen molar-refractivity contribution in [2.45, 2.75) is 51.4 Å². The summed E-state index contributed by atoms with van der Waals surface area (Å²) in [7, 11) is 0. The van der Waals surface area contributed by atoms with E-state index in [0.717, 1.165) is 6.20 Å². The molecule has 1 N–H and O–H groups in total. The summed E-state index contributed by atoms with van der Waals surface area (Å²) in [6.45, 7) is 5.67. The monoisotopic (exact) mass is 305 g/mol. The van der Waals surface area contributed by atoms with Gasteiger partial charge in [0.05, 0.1) is 12.2 Å². The van der Waals surface area contributed by atoms with E-state index in [1.165, 1.54) is 4.90 Å². The van der Waals surface area contributed by atoms with Crippen LogP contribution in [-0.4, -0.2) is 33.1 Å². The quantitative estimate of drug-likeness (QED) is 0.864. The first kappa shape index (κ1) is 15.7. The normalized spacial score (nSPS) is 19.9. The summed E-state index contributed by atoms with van der Waals surface area (Å²) in [6.07, 6.45) is -2.99. The Kier molecular flexibility index (Phi) is 3.90. The minimum absolute atomic E-state index is 0.144. The van der Waals surface area contributed by atoms with Gasteiger partial charge in [0.2, 0.25) is 0 Å². The molecule has 0 bridgehead atoms. The number of amides is 1. The second kappa shape index (κ2) is 5.23. The lowest BCUT2D eigenvalue weighted by molar-refractivity contribution is -0.141. The summed E-state index contributed by atoms with van der Waals surface area (Å²) in [5.41, 5.74) is -1.56. The fraction of sp³-hybridized carbons (Fsp3) is 0.692. The molecule has 1 aliphatic heterocycles. The Morgan fingerprint density at radius 1 is 1.43 bits per heavy atom. The molecular weight excluding hydrogens is 287 g/mol. The predicted molar refractivity (Wildman–Crippen MR) is 68.5 cm³/mol. The number of ether oxygens (including phenoxy) is 1. The van der Waals surface area contributed by atoms with Crippen LogP contribution in [0.25, 0.3) is 0 Å². The number of imidazole rings is 1. The Morgan fingerprint density at radius 3 is 2.62 bits per heavy atom. The van der Waals surface area contributed by atoms with Crippen LogP contribution < -0.4 is 0 Å². The van der Waals surface area contributed by atoms with Gasteiger partial charge in [-0.2, -0.15) is 13.2 Å². The van der Waals surface area contributed by atoms with E-state index in [1.54, 1.807) is 20.8 Å². The molecule has 0 aromatic carbocycles. The van der Waals surface area contributed by atoms with Crippen LogP contribution >= 0.6 is 0 Å². The zero-order chi connectivity index (χ0) is 15.8. The molecule has 118 valence electrons. The van der Waals surface area contributed by atoms with E-state index in [2.05, 4.69) is 9.97 Å². The number of carbonyl (C=O) groups is 1. The summed E-state index contributed by atoms with van der Waals surface area (Å²) in [5.74, 6) is 0.144. The number of aromatic amines is 1. The third-order valence-electron chi connectivity index (χ3n) is 3.10. The Hall–Kier alpha value is -1.73. The van der Waals surface area contributed by atoms with E-state index in [4.69, 9.17) is 4.74 Å². The minimum atomic E-state index is -4.47. The van der Waals surface area contributed by atoms with Crippen molar-refractivity contribution in [2.24, 2.45) is 0 Å². The van der Waals surface area contributed by atoms with Crippen LogP contribution in [0, 0.1) is 0 Å². The molecule has 1 unspecified atom stereocenters. The standard InChI is InChI=1S/C13H18F3N3O2/c1-12(2,3)21-11(20)19-6-4-5-8(19)10-17-7-9(18-10)13(14,15)16/h7-8H,4-6H2,1-3H3,(H,17,18). The highest BCUT2D eigenvalue weighted by atomic mass is 19.4. The van der Waals surface area contributed by atoms with E-state index in [9.17, 15) is 18.0 Å². The Labute approximate surface area is 120 Å². The van der Waals surface area contributed by atoms with Crippen molar-refractivity contribution in [1.82, 2.24) is 14.9 Å². The van der Waals surface area contributed by atoms with Gasteiger partial charge in [0, 0.05) is 6.54 Å². The van der Waals surface area contributed by atoms with Crippen molar-refractivity contribution in [3.8, 4) is 0 Å². The number of alkyl halides is 3. The fourth-order valence-corrected chi connectivity index (χ4v) is 2.24. The third-order valence-corrected chi connectivity index (χ3v) is 3.10. The highest BCUT2D eigenvalue weighted by molar-refractivity contribution is 5.69. The minimum Gasteiger partial charge on any atom is -0.444 e. The molecule has 1 atom stereocenters. The largest absolute Gasteiger partial charge is 0.444 e. The number of halogens is 3. The molecule has 0 saturated carbocycles. The molecule has 1 aromatic rings. The highest BCUT2D eigenvalue weighted by Crippen LogP contribution is 2.34. The molecule has 1 saturated heterocycles. The maximum Gasteiger partial charge on any atom is 0.432 e. The summed E-state index contributed by atoms with van der Waals surface area (Å²) in [6, 6.07) is -0.504. The van der Waals surface area contributed by atoms with Gasteiger partial charge >= 0.3 is 12.3 Å². The van der Waals surface area contributed by atoms with Crippen LogP contribution in [0.5, 0.6) is 0 Å². The molecule has 5 nitrogen and oxygen atoms in total. The van der Waals surface area contributed by atoms with Crippen molar-refractivity contribution in [3.05, 3.63) is 17.7 Å². The average Bonchev–Trinajstić information content (AvgIpc) is 2.94. The van der Waals surface area contributed by atoms with Crippen LogP contribution in [0.3, 0.4) is 0 Å². The Balaban J connectivity index is 2.15. The number of rotatable bonds is 1. The first-order chi connectivity index (χ1) is 9.58. The maximum atomic E-state index is 12.6. The highest BCUT2D eigenvalue weighted by Gasteiger charge is 2.38. The molecule has 1 aromatic heterocycles. The molecule has 0 radical (unpaired) electrons. The molecule has 1 fully saturated rings. The van der Waals surface area contributed by atoms with Crippen molar-refractivity contribution < 1.29 is 22.7 Å². The number of nitrogens with zero attached hydrogens (tertiary/aromatic N) is 2. The molecule has 0 aliphatic carbocycles. The smallest absolute Gasteiger partial charge is 0.432 e. The predicted octanol–water partition coefficient (Wildman–Crippen LogP) is 3.50. The lowest BCUT2D eigenvalue weighted by Crippen LogP contribution is -2.36. The van der Waals surface area contributed by atoms with Gasteiger partial charge in [-0.05, 0) is 33.6 Å². The second-order valence-electron chi connectivity index (χ2n) is 6.01. The number of hydrogen-bond acceptors (Lipinski definition) is 3. The molecule has 21 heavy (non-hydrogen) atoms. The number of carbonyl (C=O) groups excluding carboxylic acids is 1. The molecule has 1 aliphatic rings. The fourth-order valence-electron chi connectivity index (χ4n) is 2.24. The first-order valence-corrected chi connectivity index (χ1v) is 6.69. The zero-order valence-corrected chi connectivity index (χ0v) is 12.1. The lowest BCUT2D eigenvalue weighted by Gasteiger charge is -2.27. The van der Waals surface area contributed by atoms with Crippen molar-refractivity contribution >= 4 is 6.09 Å². The first-order valence-electron chi connectivity index (χ1n) is 6.69. The van der Waals surface area contributed by atoms with Gasteiger partial charge in [0.1, 0.15) is 17.1 Å². The van der Waals surface area contributed by atoms with E-state index >= 15 is 0 Å². The molecule has 1 amide bonds. The molecular formula is C13H18F3N3O2. The average molecular weight is 305 g/mol. The van der Waals surface area contributed by atoms with Gasteiger partial charge in [0.25, 0.3) is 0 Å². The number of hydrogen-bond donors (Lipinski definition) is 1. The van der Waals surface area contributed by atoms with E-state index in [-0.39, 0.29) is 5.82 Å². The number of likely N-dealkylation sites (tertiary alicyclic amines) is 1. The van der Waals surface area contributed by atoms with Gasteiger partial charge in [0.15, 0.2) is 0 Å². The van der Waals surface area contributed by atoms with Gasteiger partial charge in [-0.25, -0.2) is 9.78 Å². The third kappa shape index (κ3) is 3.68. The molecule has 8 heteroatoms. The van der Waals surface area contributed by atoms with Gasteiger partial charge in [-0.3, -0.25) is 4.90 Å². The number of aromatic nitrogens is 2. The van der Waals surface area contributed by atoms with Crippen LogP contribution in [0.15, 0.2) is 6.20 Å². The number of nitrogens with one attached hydrogen (secondary N) is 1. The van der Waals surface area contributed by atoms with Gasteiger partial charge < -0.3 is 9.72 Å². The Morgan fingerprint density at radius 2 is 2.10 bits per heavy atom. The van der Waals surface area contributed by atoms with Crippen LogP contribution in [0.1, 0.15) is 51.2 Å². The Bertz CT molecular complexity index is 519. The summed E-state index contributed by atoms with van der Waals surface area (Å²) >= 11 is 0. The summed E-state index contributed by atoms with van der Waals surface area (Å²) in [4.78, 5) is 19.5. The van der Waals surface area contributed by atoms with E-state index < -0.39 is 29.6 Å². The summed E-state index contributed by atoms with van der Waals surface area (Å²) < 4.78 is 43.0. The topological polar surface area (TPSA) is 58.2 Å². The van der Waals surface area contributed by atoms with Gasteiger partial charge in [-0.1, -0.05) is 0 Å². The van der Waals surface area contributed by atoms with Crippen LogP contribution in [-0.2, 0) is 10.9 Å². The zero-order valence-electron chi connectivity index (χ0n) is 12.1. The van der Waals surface area contributed by atoms with Gasteiger partial charge in [-0.15, -0.1) is 0 Å².